The number of aryl methyl sites for hydroxylation is 1. The molecule has 0 saturated carbocycles. The molecule has 1 saturated heterocycles. The van der Waals surface area contributed by atoms with E-state index in [0.717, 1.165) is 12.8 Å². The number of ether oxygens (including phenoxy) is 1. The lowest BCUT2D eigenvalue weighted by molar-refractivity contribution is -0.121. The standard InChI is InChI=1S/C18H20N6O4/c1-12-21-24(13-6-3-2-4-7-13)18(26)23(12)11-16(25)19-10-15-20-17(28-22-15)14-8-5-9-27-14/h2-4,6-7,14H,5,8-11H2,1H3,(H,19,25)/t14-/m0/s1. The van der Waals surface area contributed by atoms with Crippen molar-refractivity contribution in [2.24, 2.45) is 0 Å². The van der Waals surface area contributed by atoms with Crippen LogP contribution in [0, 0.1) is 6.92 Å². The Morgan fingerprint density at radius 1 is 1.32 bits per heavy atom. The first-order valence-corrected chi connectivity index (χ1v) is 9.04. The molecule has 0 unspecified atom stereocenters. The van der Waals surface area contributed by atoms with E-state index in [2.05, 4.69) is 20.6 Å². The van der Waals surface area contributed by atoms with E-state index in [1.807, 2.05) is 18.2 Å². The fraction of sp³-hybridized carbons (Fsp3) is 0.389. The fourth-order valence-electron chi connectivity index (χ4n) is 3.03. The van der Waals surface area contributed by atoms with Crippen LogP contribution in [0.1, 0.15) is 36.5 Å². The van der Waals surface area contributed by atoms with Crippen molar-refractivity contribution in [1.29, 1.82) is 0 Å². The second-order valence-electron chi connectivity index (χ2n) is 6.49. The van der Waals surface area contributed by atoms with Gasteiger partial charge in [-0.2, -0.15) is 14.8 Å². The fourth-order valence-corrected chi connectivity index (χ4v) is 3.03. The van der Waals surface area contributed by atoms with Gasteiger partial charge in [-0.15, -0.1) is 0 Å². The van der Waals surface area contributed by atoms with Gasteiger partial charge in [-0.25, -0.2) is 4.79 Å². The number of amides is 1. The van der Waals surface area contributed by atoms with Crippen LogP contribution in [0.4, 0.5) is 0 Å². The minimum absolute atomic E-state index is 0.107. The van der Waals surface area contributed by atoms with Crippen molar-refractivity contribution in [2.75, 3.05) is 6.61 Å². The molecule has 4 rings (SSSR count). The van der Waals surface area contributed by atoms with Gasteiger partial charge in [0.05, 0.1) is 12.2 Å². The zero-order valence-corrected chi connectivity index (χ0v) is 15.4. The molecule has 0 bridgehead atoms. The second-order valence-corrected chi connectivity index (χ2v) is 6.49. The van der Waals surface area contributed by atoms with E-state index >= 15 is 0 Å². The van der Waals surface area contributed by atoms with Gasteiger partial charge in [-0.05, 0) is 31.9 Å². The highest BCUT2D eigenvalue weighted by atomic mass is 16.5. The Morgan fingerprint density at radius 3 is 2.89 bits per heavy atom. The summed E-state index contributed by atoms with van der Waals surface area (Å²) in [5.41, 5.74) is 0.266. The van der Waals surface area contributed by atoms with Crippen molar-refractivity contribution < 1.29 is 14.1 Å². The Balaban J connectivity index is 1.39. The highest BCUT2D eigenvalue weighted by Crippen LogP contribution is 2.26. The van der Waals surface area contributed by atoms with Crippen LogP contribution in [0.2, 0.25) is 0 Å². The maximum atomic E-state index is 12.6. The molecular formula is C18H20N6O4. The summed E-state index contributed by atoms with van der Waals surface area (Å²) in [6, 6.07) is 9.05. The maximum Gasteiger partial charge on any atom is 0.351 e. The molecule has 0 radical (unpaired) electrons. The average molecular weight is 384 g/mol. The van der Waals surface area contributed by atoms with Crippen molar-refractivity contribution in [3.63, 3.8) is 0 Å². The largest absolute Gasteiger partial charge is 0.368 e. The first-order chi connectivity index (χ1) is 13.6. The van der Waals surface area contributed by atoms with E-state index in [1.54, 1.807) is 19.1 Å². The third-order valence-electron chi connectivity index (χ3n) is 4.48. The molecule has 1 N–H and O–H groups in total. The van der Waals surface area contributed by atoms with E-state index in [4.69, 9.17) is 9.26 Å². The second kappa shape index (κ2) is 7.77. The van der Waals surface area contributed by atoms with Gasteiger partial charge in [0.1, 0.15) is 18.5 Å². The summed E-state index contributed by atoms with van der Waals surface area (Å²) >= 11 is 0. The number of carbonyl (C=O) groups is 1. The summed E-state index contributed by atoms with van der Waals surface area (Å²) in [5.74, 6) is 0.895. The van der Waals surface area contributed by atoms with E-state index < -0.39 is 0 Å². The molecule has 0 spiro atoms. The summed E-state index contributed by atoms with van der Waals surface area (Å²) in [7, 11) is 0. The van der Waals surface area contributed by atoms with E-state index in [9.17, 15) is 9.59 Å². The Hall–Kier alpha value is -3.27. The van der Waals surface area contributed by atoms with Gasteiger partial charge in [0, 0.05) is 6.61 Å². The van der Waals surface area contributed by atoms with Crippen LogP contribution in [0.25, 0.3) is 5.69 Å². The molecule has 1 amide bonds. The Morgan fingerprint density at radius 2 is 2.14 bits per heavy atom. The zero-order chi connectivity index (χ0) is 19.5. The van der Waals surface area contributed by atoms with Gasteiger partial charge in [-0.3, -0.25) is 9.36 Å². The molecule has 1 aliphatic heterocycles. The zero-order valence-electron chi connectivity index (χ0n) is 15.4. The van der Waals surface area contributed by atoms with Gasteiger partial charge >= 0.3 is 5.69 Å². The lowest BCUT2D eigenvalue weighted by atomic mass is 10.2. The summed E-state index contributed by atoms with van der Waals surface area (Å²) in [5, 5.41) is 10.8. The van der Waals surface area contributed by atoms with Crippen molar-refractivity contribution >= 4 is 5.91 Å². The predicted octanol–water partition coefficient (Wildman–Crippen LogP) is 0.893. The lowest BCUT2D eigenvalue weighted by Crippen LogP contribution is -2.33. The number of para-hydroxylation sites is 1. The molecule has 3 aromatic rings. The minimum Gasteiger partial charge on any atom is -0.368 e. The molecule has 2 aromatic heterocycles. The first-order valence-electron chi connectivity index (χ1n) is 9.04. The van der Waals surface area contributed by atoms with E-state index in [1.165, 1.54) is 9.25 Å². The maximum absolute atomic E-state index is 12.6. The molecule has 146 valence electrons. The first kappa shape index (κ1) is 18.1. The van der Waals surface area contributed by atoms with Crippen molar-refractivity contribution in [2.45, 2.75) is 39.0 Å². The third kappa shape index (κ3) is 3.72. The van der Waals surface area contributed by atoms with Gasteiger partial charge in [0.25, 0.3) is 5.89 Å². The van der Waals surface area contributed by atoms with Crippen LogP contribution in [-0.2, 0) is 22.6 Å². The highest BCUT2D eigenvalue weighted by molar-refractivity contribution is 5.75. The van der Waals surface area contributed by atoms with Crippen molar-refractivity contribution in [1.82, 2.24) is 29.8 Å². The molecule has 1 aromatic carbocycles. The predicted molar refractivity (Wildman–Crippen MR) is 96.6 cm³/mol. The Labute approximate surface area is 160 Å². The molecule has 1 aliphatic rings. The Bertz CT molecular complexity index is 1020. The number of nitrogens with zero attached hydrogens (tertiary/aromatic N) is 5. The molecule has 3 heterocycles. The molecule has 0 aliphatic carbocycles. The number of carbonyl (C=O) groups excluding carboxylic acids is 1. The van der Waals surface area contributed by atoms with Crippen molar-refractivity contribution in [3.8, 4) is 5.69 Å². The van der Waals surface area contributed by atoms with Gasteiger partial charge in [0.2, 0.25) is 5.91 Å². The number of benzene rings is 1. The van der Waals surface area contributed by atoms with Gasteiger partial charge in [0.15, 0.2) is 5.82 Å². The van der Waals surface area contributed by atoms with Crippen LogP contribution >= 0.6 is 0 Å². The average Bonchev–Trinajstić information content (AvgIpc) is 3.44. The number of hydrogen-bond donors (Lipinski definition) is 1. The number of aromatic nitrogens is 5. The summed E-state index contributed by atoms with van der Waals surface area (Å²) in [4.78, 5) is 29.1. The van der Waals surface area contributed by atoms with Crippen LogP contribution in [0.15, 0.2) is 39.6 Å². The summed E-state index contributed by atoms with van der Waals surface area (Å²) in [6.45, 7) is 2.33. The van der Waals surface area contributed by atoms with Gasteiger partial charge < -0.3 is 14.6 Å². The number of rotatable bonds is 6. The monoisotopic (exact) mass is 384 g/mol. The molecule has 1 atom stereocenters. The summed E-state index contributed by atoms with van der Waals surface area (Å²) < 4.78 is 13.3. The molecular weight excluding hydrogens is 364 g/mol. The number of nitrogens with one attached hydrogen (secondary N) is 1. The third-order valence-corrected chi connectivity index (χ3v) is 4.48. The molecule has 10 heteroatoms. The minimum atomic E-state index is -0.376. The summed E-state index contributed by atoms with van der Waals surface area (Å²) in [6.07, 6.45) is 1.65. The van der Waals surface area contributed by atoms with Gasteiger partial charge in [-0.1, -0.05) is 23.4 Å². The van der Waals surface area contributed by atoms with Crippen LogP contribution in [0.3, 0.4) is 0 Å². The topological polar surface area (TPSA) is 117 Å². The SMILES string of the molecule is Cc1nn(-c2ccccc2)c(=O)n1CC(=O)NCc1noc([C@@H]2CCCO2)n1. The molecule has 10 nitrogen and oxygen atoms in total. The quantitative estimate of drug-likeness (QED) is 0.671. The Kier molecular flexibility index (Phi) is 5.02. The smallest absolute Gasteiger partial charge is 0.351 e. The molecule has 1 fully saturated rings. The van der Waals surface area contributed by atoms with Crippen LogP contribution in [-0.4, -0.2) is 37.0 Å². The lowest BCUT2D eigenvalue weighted by Gasteiger charge is -2.04. The van der Waals surface area contributed by atoms with Crippen molar-refractivity contribution in [3.05, 3.63) is 58.4 Å². The normalized spacial score (nSPS) is 16.4. The van der Waals surface area contributed by atoms with E-state index in [-0.39, 0.29) is 30.8 Å². The van der Waals surface area contributed by atoms with Crippen LogP contribution in [0.5, 0.6) is 0 Å². The highest BCUT2D eigenvalue weighted by Gasteiger charge is 2.24. The van der Waals surface area contributed by atoms with E-state index in [0.29, 0.717) is 29.8 Å². The molecule has 28 heavy (non-hydrogen) atoms. The number of hydrogen-bond acceptors (Lipinski definition) is 7. The van der Waals surface area contributed by atoms with Crippen LogP contribution < -0.4 is 11.0 Å².